The van der Waals surface area contributed by atoms with Gasteiger partial charge in [-0.1, -0.05) is 0 Å². The molecule has 0 aromatic heterocycles. The van der Waals surface area contributed by atoms with Crippen molar-refractivity contribution in [2.75, 3.05) is 5.88 Å². The molecule has 4 nitrogen and oxygen atoms in total. The number of aliphatic hydroxyl groups is 1. The highest BCUT2D eigenvalue weighted by Gasteiger charge is 2.45. The van der Waals surface area contributed by atoms with Crippen molar-refractivity contribution in [2.24, 2.45) is 0 Å². The van der Waals surface area contributed by atoms with Gasteiger partial charge in [0.15, 0.2) is 0 Å². The van der Waals surface area contributed by atoms with Crippen molar-refractivity contribution in [2.45, 2.75) is 57.3 Å². The molecule has 0 spiro atoms. The van der Waals surface area contributed by atoms with Crippen LogP contribution in [0, 0.1) is 0 Å². The summed E-state index contributed by atoms with van der Waals surface area (Å²) < 4.78 is 5.16. The predicted molar refractivity (Wildman–Crippen MR) is 62.7 cm³/mol. The third-order valence-electron chi connectivity index (χ3n) is 2.78. The molecular weight excluding hydrogens is 230 g/mol. The van der Waals surface area contributed by atoms with Crippen molar-refractivity contribution in [1.82, 2.24) is 5.32 Å². The molecule has 1 saturated carbocycles. The Bertz CT molecular complexity index is 258. The van der Waals surface area contributed by atoms with Gasteiger partial charge in [-0.2, -0.15) is 0 Å². The van der Waals surface area contributed by atoms with Crippen molar-refractivity contribution >= 4 is 17.7 Å². The van der Waals surface area contributed by atoms with Crippen molar-refractivity contribution in [3.8, 4) is 0 Å². The van der Waals surface area contributed by atoms with Crippen LogP contribution in [0.4, 0.5) is 4.79 Å². The van der Waals surface area contributed by atoms with E-state index in [0.29, 0.717) is 0 Å². The largest absolute Gasteiger partial charge is 0.444 e. The molecule has 94 valence electrons. The Kier molecular flexibility index (Phi) is 4.07. The van der Waals surface area contributed by atoms with E-state index in [1.165, 1.54) is 0 Å². The molecule has 1 atom stereocenters. The summed E-state index contributed by atoms with van der Waals surface area (Å²) in [6.07, 6.45) is 1.29. The molecule has 1 amide bonds. The lowest BCUT2D eigenvalue weighted by Gasteiger charge is -2.45. The Morgan fingerprint density at radius 2 is 2.12 bits per heavy atom. The van der Waals surface area contributed by atoms with Crippen LogP contribution in [-0.2, 0) is 4.74 Å². The molecule has 0 bridgehead atoms. The number of aliphatic hydroxyl groups excluding tert-OH is 1. The van der Waals surface area contributed by atoms with E-state index in [1.807, 2.05) is 0 Å². The lowest BCUT2D eigenvalue weighted by atomic mass is 9.73. The van der Waals surface area contributed by atoms with Crippen LogP contribution in [0.15, 0.2) is 0 Å². The number of hydrogen-bond acceptors (Lipinski definition) is 3. The summed E-state index contributed by atoms with van der Waals surface area (Å²) in [6, 6.07) is 0. The quantitative estimate of drug-likeness (QED) is 0.753. The van der Waals surface area contributed by atoms with Gasteiger partial charge in [-0.05, 0) is 40.0 Å². The molecule has 16 heavy (non-hydrogen) atoms. The molecule has 0 heterocycles. The summed E-state index contributed by atoms with van der Waals surface area (Å²) in [6.45, 7) is 5.41. The molecule has 1 aliphatic carbocycles. The third-order valence-corrected chi connectivity index (χ3v) is 3.07. The highest BCUT2D eigenvalue weighted by atomic mass is 35.5. The first-order valence-corrected chi connectivity index (χ1v) is 6.08. The van der Waals surface area contributed by atoms with Crippen LogP contribution < -0.4 is 5.32 Å². The molecule has 0 saturated heterocycles. The Balaban J connectivity index is 2.54. The van der Waals surface area contributed by atoms with E-state index in [1.54, 1.807) is 20.8 Å². The zero-order chi connectivity index (χ0) is 12.4. The molecule has 0 radical (unpaired) electrons. The first kappa shape index (κ1) is 13.6. The Morgan fingerprint density at radius 1 is 1.56 bits per heavy atom. The van der Waals surface area contributed by atoms with E-state index < -0.39 is 23.3 Å². The lowest BCUT2D eigenvalue weighted by molar-refractivity contribution is -0.000229. The Hall–Kier alpha value is -0.480. The number of alkyl halides is 1. The number of amides is 1. The summed E-state index contributed by atoms with van der Waals surface area (Å²) in [5, 5.41) is 12.5. The minimum Gasteiger partial charge on any atom is -0.444 e. The SMILES string of the molecule is CC(C)(C)OC(=O)NC1(C(O)CCl)CCC1. The number of hydrogen-bond donors (Lipinski definition) is 2. The fraction of sp³-hybridized carbons (Fsp3) is 0.909. The van der Waals surface area contributed by atoms with Gasteiger partial charge >= 0.3 is 6.09 Å². The first-order valence-electron chi connectivity index (χ1n) is 5.54. The molecule has 1 rings (SSSR count). The zero-order valence-electron chi connectivity index (χ0n) is 10.0. The Labute approximate surface area is 101 Å². The highest BCUT2D eigenvalue weighted by Crippen LogP contribution is 2.35. The number of rotatable bonds is 3. The van der Waals surface area contributed by atoms with Crippen molar-refractivity contribution in [3.63, 3.8) is 0 Å². The fourth-order valence-electron chi connectivity index (χ4n) is 1.75. The van der Waals surface area contributed by atoms with Crippen LogP contribution in [0.5, 0.6) is 0 Å². The minimum absolute atomic E-state index is 0.121. The maximum absolute atomic E-state index is 11.6. The molecule has 1 unspecified atom stereocenters. The number of nitrogens with one attached hydrogen (secondary N) is 1. The van der Waals surface area contributed by atoms with E-state index in [-0.39, 0.29) is 5.88 Å². The second-order valence-electron chi connectivity index (χ2n) is 5.31. The van der Waals surface area contributed by atoms with Gasteiger partial charge < -0.3 is 15.2 Å². The van der Waals surface area contributed by atoms with Crippen LogP contribution in [0.25, 0.3) is 0 Å². The first-order chi connectivity index (χ1) is 7.29. The molecule has 0 aromatic rings. The molecule has 2 N–H and O–H groups in total. The average Bonchev–Trinajstić information content (AvgIpc) is 2.07. The topological polar surface area (TPSA) is 58.6 Å². The van der Waals surface area contributed by atoms with E-state index in [4.69, 9.17) is 16.3 Å². The van der Waals surface area contributed by atoms with Gasteiger partial charge in [0.05, 0.1) is 17.5 Å². The van der Waals surface area contributed by atoms with Crippen LogP contribution >= 0.6 is 11.6 Å². The molecule has 5 heteroatoms. The summed E-state index contributed by atoms with van der Waals surface area (Å²) in [4.78, 5) is 11.6. The van der Waals surface area contributed by atoms with Gasteiger partial charge in [0.1, 0.15) is 5.60 Å². The Morgan fingerprint density at radius 3 is 2.44 bits per heavy atom. The van der Waals surface area contributed by atoms with Crippen LogP contribution in [-0.4, -0.2) is 34.3 Å². The van der Waals surface area contributed by atoms with Crippen molar-refractivity contribution in [3.05, 3.63) is 0 Å². The number of carbonyl (C=O) groups excluding carboxylic acids is 1. The summed E-state index contributed by atoms with van der Waals surface area (Å²) in [5.41, 5.74) is -1.11. The second-order valence-corrected chi connectivity index (χ2v) is 5.62. The zero-order valence-corrected chi connectivity index (χ0v) is 10.8. The molecule has 1 fully saturated rings. The summed E-state index contributed by atoms with van der Waals surface area (Å²) in [7, 11) is 0. The van der Waals surface area contributed by atoms with Gasteiger partial charge in [-0.3, -0.25) is 0 Å². The number of alkyl carbamates (subject to hydrolysis) is 1. The second kappa shape index (κ2) is 4.80. The summed E-state index contributed by atoms with van der Waals surface area (Å²) in [5.74, 6) is 0.121. The van der Waals surface area contributed by atoms with Crippen LogP contribution in [0.2, 0.25) is 0 Å². The van der Waals surface area contributed by atoms with Crippen molar-refractivity contribution < 1.29 is 14.6 Å². The smallest absolute Gasteiger partial charge is 0.408 e. The van der Waals surface area contributed by atoms with Gasteiger partial charge in [0, 0.05) is 0 Å². The normalized spacial score (nSPS) is 20.8. The lowest BCUT2D eigenvalue weighted by Crippen LogP contribution is -2.62. The van der Waals surface area contributed by atoms with Gasteiger partial charge in [-0.25, -0.2) is 4.79 Å². The number of carbonyl (C=O) groups is 1. The molecule has 0 aromatic carbocycles. The van der Waals surface area contributed by atoms with E-state index in [9.17, 15) is 9.90 Å². The third kappa shape index (κ3) is 3.25. The standard InChI is InChI=1S/C11H20ClNO3/c1-10(2,3)16-9(15)13-11(5-4-6-11)8(14)7-12/h8,14H,4-7H2,1-3H3,(H,13,15). The number of halogens is 1. The molecule has 1 aliphatic rings. The minimum atomic E-state index is -0.713. The number of ether oxygens (including phenoxy) is 1. The van der Waals surface area contributed by atoms with Gasteiger partial charge in [0.25, 0.3) is 0 Å². The molecule has 0 aliphatic heterocycles. The average molecular weight is 250 g/mol. The fourth-order valence-corrected chi connectivity index (χ4v) is 2.05. The predicted octanol–water partition coefficient (Wildman–Crippen LogP) is 2.03. The van der Waals surface area contributed by atoms with Crippen LogP contribution in [0.3, 0.4) is 0 Å². The maximum Gasteiger partial charge on any atom is 0.408 e. The van der Waals surface area contributed by atoms with E-state index in [0.717, 1.165) is 19.3 Å². The van der Waals surface area contributed by atoms with Gasteiger partial charge in [-0.15, -0.1) is 11.6 Å². The van der Waals surface area contributed by atoms with E-state index >= 15 is 0 Å². The molecular formula is C11H20ClNO3. The highest BCUT2D eigenvalue weighted by molar-refractivity contribution is 6.18. The maximum atomic E-state index is 11.6. The van der Waals surface area contributed by atoms with Crippen LogP contribution in [0.1, 0.15) is 40.0 Å². The van der Waals surface area contributed by atoms with Crippen molar-refractivity contribution in [1.29, 1.82) is 0 Å². The summed E-state index contributed by atoms with van der Waals surface area (Å²) >= 11 is 5.62. The van der Waals surface area contributed by atoms with E-state index in [2.05, 4.69) is 5.32 Å². The monoisotopic (exact) mass is 249 g/mol. The van der Waals surface area contributed by atoms with Gasteiger partial charge in [0.2, 0.25) is 0 Å².